The van der Waals surface area contributed by atoms with E-state index in [2.05, 4.69) is 0 Å². The SMILES string of the molecule is CCCC(=O)c1ccc(OCC)c(OCC)c1OCC. The van der Waals surface area contributed by atoms with Gasteiger partial charge in [0.05, 0.1) is 25.4 Å². The minimum atomic E-state index is 0.0694. The molecule has 0 aliphatic rings. The number of carbonyl (C=O) groups excluding carboxylic acids is 1. The zero-order valence-electron chi connectivity index (χ0n) is 12.8. The van der Waals surface area contributed by atoms with Crippen molar-refractivity contribution in [3.63, 3.8) is 0 Å². The molecule has 0 aliphatic heterocycles. The minimum absolute atomic E-state index is 0.0694. The van der Waals surface area contributed by atoms with Crippen molar-refractivity contribution in [2.24, 2.45) is 0 Å². The van der Waals surface area contributed by atoms with Crippen LogP contribution in [0.15, 0.2) is 12.1 Å². The molecule has 0 aromatic heterocycles. The quantitative estimate of drug-likeness (QED) is 0.644. The zero-order chi connectivity index (χ0) is 15.0. The van der Waals surface area contributed by atoms with Crippen molar-refractivity contribution in [3.05, 3.63) is 17.7 Å². The number of carbonyl (C=O) groups is 1. The zero-order valence-corrected chi connectivity index (χ0v) is 12.8. The summed E-state index contributed by atoms with van der Waals surface area (Å²) in [6.07, 6.45) is 1.31. The van der Waals surface area contributed by atoms with Crippen molar-refractivity contribution in [1.82, 2.24) is 0 Å². The summed E-state index contributed by atoms with van der Waals surface area (Å²) in [7, 11) is 0. The van der Waals surface area contributed by atoms with E-state index in [1.54, 1.807) is 12.1 Å². The molecule has 4 nitrogen and oxygen atoms in total. The van der Waals surface area contributed by atoms with Crippen LogP contribution in [-0.4, -0.2) is 25.6 Å². The minimum Gasteiger partial charge on any atom is -0.490 e. The number of benzene rings is 1. The highest BCUT2D eigenvalue weighted by atomic mass is 16.5. The Bertz CT molecular complexity index is 440. The maximum Gasteiger partial charge on any atom is 0.204 e. The van der Waals surface area contributed by atoms with E-state index < -0.39 is 0 Å². The summed E-state index contributed by atoms with van der Waals surface area (Å²) in [6, 6.07) is 3.54. The summed E-state index contributed by atoms with van der Waals surface area (Å²) < 4.78 is 16.8. The van der Waals surface area contributed by atoms with Gasteiger partial charge >= 0.3 is 0 Å². The highest BCUT2D eigenvalue weighted by Gasteiger charge is 2.21. The van der Waals surface area contributed by atoms with Crippen LogP contribution in [0.4, 0.5) is 0 Å². The van der Waals surface area contributed by atoms with Crippen LogP contribution in [0.1, 0.15) is 50.9 Å². The van der Waals surface area contributed by atoms with Gasteiger partial charge in [0.25, 0.3) is 0 Å². The number of hydrogen-bond donors (Lipinski definition) is 0. The van der Waals surface area contributed by atoms with Crippen molar-refractivity contribution in [3.8, 4) is 17.2 Å². The number of ketones is 1. The van der Waals surface area contributed by atoms with Gasteiger partial charge in [-0.15, -0.1) is 0 Å². The van der Waals surface area contributed by atoms with Gasteiger partial charge in [-0.1, -0.05) is 6.92 Å². The van der Waals surface area contributed by atoms with Crippen LogP contribution >= 0.6 is 0 Å². The molecule has 20 heavy (non-hydrogen) atoms. The molecule has 1 rings (SSSR count). The van der Waals surface area contributed by atoms with E-state index in [1.807, 2.05) is 27.7 Å². The average molecular weight is 280 g/mol. The van der Waals surface area contributed by atoms with Crippen LogP contribution in [-0.2, 0) is 0 Å². The monoisotopic (exact) mass is 280 g/mol. The predicted octanol–water partition coefficient (Wildman–Crippen LogP) is 3.87. The molecule has 0 spiro atoms. The van der Waals surface area contributed by atoms with Crippen molar-refractivity contribution >= 4 is 5.78 Å². The molecule has 4 heteroatoms. The van der Waals surface area contributed by atoms with Crippen LogP contribution in [0.2, 0.25) is 0 Å². The molecule has 0 saturated carbocycles. The third-order valence-electron chi connectivity index (χ3n) is 2.73. The molecule has 0 aliphatic carbocycles. The first-order valence-corrected chi connectivity index (χ1v) is 7.28. The Morgan fingerprint density at radius 1 is 0.900 bits per heavy atom. The maximum atomic E-state index is 12.2. The molecule has 0 fully saturated rings. The van der Waals surface area contributed by atoms with E-state index >= 15 is 0 Å². The van der Waals surface area contributed by atoms with Gasteiger partial charge in [-0.25, -0.2) is 0 Å². The lowest BCUT2D eigenvalue weighted by Gasteiger charge is -2.18. The average Bonchev–Trinajstić information content (AvgIpc) is 2.43. The van der Waals surface area contributed by atoms with Crippen molar-refractivity contribution in [2.45, 2.75) is 40.5 Å². The van der Waals surface area contributed by atoms with Crippen LogP contribution in [0.5, 0.6) is 17.2 Å². The fourth-order valence-corrected chi connectivity index (χ4v) is 1.96. The van der Waals surface area contributed by atoms with Gasteiger partial charge in [-0.05, 0) is 39.3 Å². The van der Waals surface area contributed by atoms with Crippen LogP contribution in [0.25, 0.3) is 0 Å². The van der Waals surface area contributed by atoms with Crippen molar-refractivity contribution in [2.75, 3.05) is 19.8 Å². The molecule has 1 aromatic carbocycles. The smallest absolute Gasteiger partial charge is 0.204 e. The Balaban J connectivity index is 3.30. The molecule has 0 N–H and O–H groups in total. The molecular formula is C16H24O4. The second-order valence-electron chi connectivity index (χ2n) is 4.24. The van der Waals surface area contributed by atoms with E-state index in [0.717, 1.165) is 6.42 Å². The fraction of sp³-hybridized carbons (Fsp3) is 0.562. The Kier molecular flexibility index (Phi) is 6.91. The summed E-state index contributed by atoms with van der Waals surface area (Å²) >= 11 is 0. The first-order chi connectivity index (χ1) is 9.69. The van der Waals surface area contributed by atoms with Crippen LogP contribution < -0.4 is 14.2 Å². The summed E-state index contributed by atoms with van der Waals surface area (Å²) in [6.45, 7) is 9.17. The first kappa shape index (κ1) is 16.3. The molecule has 1 aromatic rings. The number of Topliss-reactive ketones (excluding diaryl/α,β-unsaturated/α-hetero) is 1. The first-order valence-electron chi connectivity index (χ1n) is 7.28. The van der Waals surface area contributed by atoms with Gasteiger partial charge in [-0.3, -0.25) is 4.79 Å². The largest absolute Gasteiger partial charge is 0.490 e. The predicted molar refractivity (Wildman–Crippen MR) is 79.2 cm³/mol. The standard InChI is InChI=1S/C16H24O4/c1-5-9-13(17)12-10-11-14(18-6-2)16(20-8-4)15(12)19-7-3/h10-11H,5-9H2,1-4H3. The summed E-state index contributed by atoms with van der Waals surface area (Å²) in [5.74, 6) is 1.71. The van der Waals surface area contributed by atoms with Crippen LogP contribution in [0, 0.1) is 0 Å². The third-order valence-corrected chi connectivity index (χ3v) is 2.73. The fourth-order valence-electron chi connectivity index (χ4n) is 1.96. The summed E-state index contributed by atoms with van der Waals surface area (Å²) in [4.78, 5) is 12.2. The molecule has 0 amide bonds. The maximum absolute atomic E-state index is 12.2. The molecule has 112 valence electrons. The van der Waals surface area contributed by atoms with Gasteiger partial charge in [-0.2, -0.15) is 0 Å². The Labute approximate surface area is 121 Å². The Hall–Kier alpha value is -1.71. The normalized spacial score (nSPS) is 10.2. The second-order valence-corrected chi connectivity index (χ2v) is 4.24. The highest BCUT2D eigenvalue weighted by molar-refractivity contribution is 5.99. The number of rotatable bonds is 9. The van der Waals surface area contributed by atoms with E-state index in [0.29, 0.717) is 49.1 Å². The third kappa shape index (κ3) is 3.89. The van der Waals surface area contributed by atoms with Gasteiger partial charge < -0.3 is 14.2 Å². The lowest BCUT2D eigenvalue weighted by Crippen LogP contribution is -2.08. The topological polar surface area (TPSA) is 44.8 Å². The lowest BCUT2D eigenvalue weighted by atomic mass is 10.0. The van der Waals surface area contributed by atoms with E-state index in [1.165, 1.54) is 0 Å². The lowest BCUT2D eigenvalue weighted by molar-refractivity contribution is 0.0977. The van der Waals surface area contributed by atoms with Gasteiger partial charge in [0.1, 0.15) is 0 Å². The molecule has 0 bridgehead atoms. The van der Waals surface area contributed by atoms with Crippen molar-refractivity contribution in [1.29, 1.82) is 0 Å². The van der Waals surface area contributed by atoms with Crippen LogP contribution in [0.3, 0.4) is 0 Å². The molecule has 0 atom stereocenters. The van der Waals surface area contributed by atoms with E-state index in [4.69, 9.17) is 14.2 Å². The Morgan fingerprint density at radius 3 is 2.05 bits per heavy atom. The second kappa shape index (κ2) is 8.46. The molecular weight excluding hydrogens is 256 g/mol. The number of ether oxygens (including phenoxy) is 3. The van der Waals surface area contributed by atoms with E-state index in [9.17, 15) is 4.79 Å². The van der Waals surface area contributed by atoms with Gasteiger partial charge in [0.2, 0.25) is 5.75 Å². The molecule has 0 heterocycles. The van der Waals surface area contributed by atoms with Crippen molar-refractivity contribution < 1.29 is 19.0 Å². The van der Waals surface area contributed by atoms with Gasteiger partial charge in [0.15, 0.2) is 17.3 Å². The van der Waals surface area contributed by atoms with E-state index in [-0.39, 0.29) is 5.78 Å². The highest BCUT2D eigenvalue weighted by Crippen LogP contribution is 2.41. The molecule has 0 unspecified atom stereocenters. The molecule has 0 saturated heterocycles. The Morgan fingerprint density at radius 2 is 1.50 bits per heavy atom. The number of hydrogen-bond acceptors (Lipinski definition) is 4. The van der Waals surface area contributed by atoms with Gasteiger partial charge in [0, 0.05) is 6.42 Å². The summed E-state index contributed by atoms with van der Waals surface area (Å²) in [5, 5.41) is 0. The summed E-state index contributed by atoms with van der Waals surface area (Å²) in [5.41, 5.74) is 0.570. The molecule has 0 radical (unpaired) electrons.